The third kappa shape index (κ3) is 3.30. The maximum Gasteiger partial charge on any atom is 0.255 e. The summed E-state index contributed by atoms with van der Waals surface area (Å²) >= 11 is 1.60. The molecule has 3 aromatic rings. The van der Waals surface area contributed by atoms with Crippen LogP contribution in [0.1, 0.15) is 27.9 Å². The molecule has 1 aromatic carbocycles. The quantitative estimate of drug-likeness (QED) is 0.783. The van der Waals surface area contributed by atoms with Crippen molar-refractivity contribution in [1.82, 2.24) is 14.9 Å². The number of fused-ring (bicyclic) bond motifs is 1. The van der Waals surface area contributed by atoms with Crippen LogP contribution in [0, 0.1) is 13.8 Å². The van der Waals surface area contributed by atoms with Gasteiger partial charge < -0.3 is 4.98 Å². The summed E-state index contributed by atoms with van der Waals surface area (Å²) in [5.41, 5.74) is 5.69. The second-order valence-electron chi connectivity index (χ2n) is 6.70. The number of aromatic amines is 1. The topological polar surface area (TPSA) is 49.0 Å². The van der Waals surface area contributed by atoms with Crippen molar-refractivity contribution in [2.75, 3.05) is 6.54 Å². The fourth-order valence-electron chi connectivity index (χ4n) is 3.31. The van der Waals surface area contributed by atoms with Crippen molar-refractivity contribution in [3.05, 3.63) is 74.0 Å². The summed E-state index contributed by atoms with van der Waals surface area (Å²) < 4.78 is 0. The SMILES string of the molecule is Cc1ccc(CN2CCc3nc(-c4cccs4)[nH]c(=O)c3C2)cc1C. The predicted octanol–water partition coefficient (Wildman–Crippen LogP) is 3.67. The maximum absolute atomic E-state index is 12.6. The van der Waals surface area contributed by atoms with Gasteiger partial charge in [-0.15, -0.1) is 11.3 Å². The summed E-state index contributed by atoms with van der Waals surface area (Å²) in [6, 6.07) is 10.6. The molecule has 4 nitrogen and oxygen atoms in total. The molecule has 0 radical (unpaired) electrons. The molecule has 0 bridgehead atoms. The lowest BCUT2D eigenvalue weighted by molar-refractivity contribution is 0.242. The fourth-order valence-corrected chi connectivity index (χ4v) is 3.98. The predicted molar refractivity (Wildman–Crippen MR) is 102 cm³/mol. The van der Waals surface area contributed by atoms with E-state index in [1.165, 1.54) is 16.7 Å². The van der Waals surface area contributed by atoms with Gasteiger partial charge in [-0.05, 0) is 42.0 Å². The van der Waals surface area contributed by atoms with Crippen LogP contribution in [0.25, 0.3) is 10.7 Å². The van der Waals surface area contributed by atoms with Crippen LogP contribution in [-0.4, -0.2) is 21.4 Å². The van der Waals surface area contributed by atoms with Gasteiger partial charge in [0.05, 0.1) is 16.1 Å². The average molecular weight is 351 g/mol. The van der Waals surface area contributed by atoms with E-state index in [4.69, 9.17) is 4.98 Å². The number of aryl methyl sites for hydroxylation is 2. The molecule has 0 atom stereocenters. The molecule has 0 amide bonds. The standard InChI is InChI=1S/C20H21N3OS/c1-13-5-6-15(10-14(13)2)11-23-8-7-17-16(12-23)20(24)22-19(21-17)18-4-3-9-25-18/h3-6,9-10H,7-8,11-12H2,1-2H3,(H,21,22,24). The van der Waals surface area contributed by atoms with Crippen LogP contribution in [0.2, 0.25) is 0 Å². The van der Waals surface area contributed by atoms with E-state index in [0.29, 0.717) is 12.4 Å². The van der Waals surface area contributed by atoms with Crippen LogP contribution >= 0.6 is 11.3 Å². The van der Waals surface area contributed by atoms with Crippen molar-refractivity contribution in [1.29, 1.82) is 0 Å². The van der Waals surface area contributed by atoms with Gasteiger partial charge in [0.2, 0.25) is 0 Å². The van der Waals surface area contributed by atoms with Gasteiger partial charge in [-0.3, -0.25) is 9.69 Å². The highest BCUT2D eigenvalue weighted by Crippen LogP contribution is 2.23. The monoisotopic (exact) mass is 351 g/mol. The first-order chi connectivity index (χ1) is 12.1. The molecule has 0 saturated heterocycles. The van der Waals surface area contributed by atoms with Crippen molar-refractivity contribution in [2.45, 2.75) is 33.4 Å². The van der Waals surface area contributed by atoms with E-state index in [1.807, 2.05) is 17.5 Å². The molecular formula is C20H21N3OS. The van der Waals surface area contributed by atoms with Crippen LogP contribution in [0.4, 0.5) is 0 Å². The largest absolute Gasteiger partial charge is 0.306 e. The van der Waals surface area contributed by atoms with Crippen molar-refractivity contribution in [3.8, 4) is 10.7 Å². The first kappa shape index (κ1) is 16.2. The number of hydrogen-bond acceptors (Lipinski definition) is 4. The number of aromatic nitrogens is 2. The smallest absolute Gasteiger partial charge is 0.255 e. The molecule has 25 heavy (non-hydrogen) atoms. The van der Waals surface area contributed by atoms with Crippen LogP contribution in [0.3, 0.4) is 0 Å². The zero-order chi connectivity index (χ0) is 17.4. The lowest BCUT2D eigenvalue weighted by Gasteiger charge is -2.27. The third-order valence-electron chi connectivity index (χ3n) is 4.88. The van der Waals surface area contributed by atoms with Gasteiger partial charge in [0.25, 0.3) is 5.56 Å². The molecule has 2 aromatic heterocycles. The summed E-state index contributed by atoms with van der Waals surface area (Å²) in [5.74, 6) is 0.696. The molecule has 0 saturated carbocycles. The Morgan fingerprint density at radius 2 is 2.12 bits per heavy atom. The Bertz CT molecular complexity index is 960. The Morgan fingerprint density at radius 1 is 1.24 bits per heavy atom. The number of nitrogens with one attached hydrogen (secondary N) is 1. The highest BCUT2D eigenvalue weighted by Gasteiger charge is 2.21. The minimum absolute atomic E-state index is 0.00168. The summed E-state index contributed by atoms with van der Waals surface area (Å²) in [6.45, 7) is 6.74. The molecule has 1 N–H and O–H groups in total. The molecule has 0 spiro atoms. The third-order valence-corrected chi connectivity index (χ3v) is 5.76. The Morgan fingerprint density at radius 3 is 2.88 bits per heavy atom. The number of rotatable bonds is 3. The molecule has 3 heterocycles. The second kappa shape index (κ2) is 6.58. The number of benzene rings is 1. The van der Waals surface area contributed by atoms with Crippen LogP contribution in [-0.2, 0) is 19.5 Å². The van der Waals surface area contributed by atoms with Crippen LogP contribution in [0.5, 0.6) is 0 Å². The van der Waals surface area contributed by atoms with Crippen LogP contribution in [0.15, 0.2) is 40.5 Å². The van der Waals surface area contributed by atoms with E-state index in [1.54, 1.807) is 11.3 Å². The minimum Gasteiger partial charge on any atom is -0.306 e. The van der Waals surface area contributed by atoms with Gasteiger partial charge in [-0.25, -0.2) is 4.98 Å². The van der Waals surface area contributed by atoms with E-state index in [9.17, 15) is 4.79 Å². The molecule has 128 valence electrons. The second-order valence-corrected chi connectivity index (χ2v) is 7.64. The highest BCUT2D eigenvalue weighted by molar-refractivity contribution is 7.13. The van der Waals surface area contributed by atoms with Crippen molar-refractivity contribution in [2.24, 2.45) is 0 Å². The molecule has 4 rings (SSSR count). The van der Waals surface area contributed by atoms with E-state index in [-0.39, 0.29) is 5.56 Å². The first-order valence-corrected chi connectivity index (χ1v) is 9.42. The summed E-state index contributed by atoms with van der Waals surface area (Å²) in [7, 11) is 0. The fraction of sp³-hybridized carbons (Fsp3) is 0.300. The zero-order valence-corrected chi connectivity index (χ0v) is 15.3. The molecular weight excluding hydrogens is 330 g/mol. The summed E-state index contributed by atoms with van der Waals surface area (Å²) in [4.78, 5) is 23.6. The molecule has 1 aliphatic rings. The van der Waals surface area contributed by atoms with E-state index in [2.05, 4.69) is 41.9 Å². The Labute approximate surface area is 151 Å². The number of H-pyrrole nitrogens is 1. The van der Waals surface area contributed by atoms with Crippen molar-refractivity contribution < 1.29 is 0 Å². The average Bonchev–Trinajstić information content (AvgIpc) is 3.13. The number of hydrogen-bond donors (Lipinski definition) is 1. The minimum atomic E-state index is -0.00168. The summed E-state index contributed by atoms with van der Waals surface area (Å²) in [6.07, 6.45) is 0.822. The zero-order valence-electron chi connectivity index (χ0n) is 14.5. The number of thiophene rings is 1. The van der Waals surface area contributed by atoms with Gasteiger partial charge in [0.1, 0.15) is 0 Å². The van der Waals surface area contributed by atoms with Gasteiger partial charge in [-0.1, -0.05) is 24.3 Å². The lowest BCUT2D eigenvalue weighted by atomic mass is 10.0. The molecule has 0 fully saturated rings. The lowest BCUT2D eigenvalue weighted by Crippen LogP contribution is -2.35. The first-order valence-electron chi connectivity index (χ1n) is 8.54. The number of nitrogens with zero attached hydrogens (tertiary/aromatic N) is 2. The van der Waals surface area contributed by atoms with Crippen LogP contribution < -0.4 is 5.56 Å². The Hall–Kier alpha value is -2.24. The van der Waals surface area contributed by atoms with Gasteiger partial charge >= 0.3 is 0 Å². The normalized spacial score (nSPS) is 14.5. The van der Waals surface area contributed by atoms with E-state index in [0.717, 1.165) is 35.6 Å². The highest BCUT2D eigenvalue weighted by atomic mass is 32.1. The van der Waals surface area contributed by atoms with Gasteiger partial charge in [0, 0.05) is 26.1 Å². The van der Waals surface area contributed by atoms with Gasteiger partial charge in [0.15, 0.2) is 5.82 Å². The van der Waals surface area contributed by atoms with Crippen molar-refractivity contribution in [3.63, 3.8) is 0 Å². The Balaban J connectivity index is 1.57. The van der Waals surface area contributed by atoms with E-state index >= 15 is 0 Å². The maximum atomic E-state index is 12.6. The van der Waals surface area contributed by atoms with E-state index < -0.39 is 0 Å². The van der Waals surface area contributed by atoms with Crippen molar-refractivity contribution >= 4 is 11.3 Å². The molecule has 1 aliphatic heterocycles. The molecule has 5 heteroatoms. The van der Waals surface area contributed by atoms with Gasteiger partial charge in [-0.2, -0.15) is 0 Å². The molecule has 0 aliphatic carbocycles. The Kier molecular flexibility index (Phi) is 4.27. The summed E-state index contributed by atoms with van der Waals surface area (Å²) in [5, 5.41) is 2.00. The molecule has 0 unspecified atom stereocenters.